The number of benzene rings is 1. The van der Waals surface area contributed by atoms with Crippen LogP contribution in [0, 0.1) is 0 Å². The number of rotatable bonds is 4. The summed E-state index contributed by atoms with van der Waals surface area (Å²) in [6.45, 7) is 1.43. The van der Waals surface area contributed by atoms with E-state index >= 15 is 0 Å². The summed E-state index contributed by atoms with van der Waals surface area (Å²) in [6, 6.07) is 10.4. The second-order valence-electron chi connectivity index (χ2n) is 6.92. The van der Waals surface area contributed by atoms with Crippen LogP contribution in [0.15, 0.2) is 30.3 Å². The minimum atomic E-state index is 0.0649. The highest BCUT2D eigenvalue weighted by Crippen LogP contribution is 2.18. The molecule has 1 saturated heterocycles. The maximum atomic E-state index is 12.3. The fraction of sp³-hybridized carbons (Fsp3) is 0.579. The number of amides is 3. The van der Waals surface area contributed by atoms with Crippen molar-refractivity contribution in [3.63, 3.8) is 0 Å². The molecule has 3 rings (SSSR count). The Morgan fingerprint density at radius 2 is 1.54 bits per heavy atom. The van der Waals surface area contributed by atoms with Gasteiger partial charge in [0.2, 0.25) is 5.91 Å². The van der Waals surface area contributed by atoms with Crippen LogP contribution in [0.4, 0.5) is 4.79 Å². The van der Waals surface area contributed by atoms with E-state index in [1.165, 1.54) is 12.8 Å². The molecule has 2 fully saturated rings. The van der Waals surface area contributed by atoms with Crippen LogP contribution in [0.1, 0.15) is 44.1 Å². The molecule has 2 N–H and O–H groups in total. The Labute approximate surface area is 143 Å². The normalized spacial score (nSPS) is 19.2. The van der Waals surface area contributed by atoms with Crippen molar-refractivity contribution in [2.24, 2.45) is 0 Å². The molecular formula is C19H27N3O2. The highest BCUT2D eigenvalue weighted by atomic mass is 16.2. The number of nitrogens with zero attached hydrogens (tertiary/aromatic N) is 1. The maximum absolute atomic E-state index is 12.3. The quantitative estimate of drug-likeness (QED) is 0.891. The Balaban J connectivity index is 1.38. The van der Waals surface area contributed by atoms with Gasteiger partial charge in [-0.3, -0.25) is 4.79 Å². The first-order valence-corrected chi connectivity index (χ1v) is 9.09. The van der Waals surface area contributed by atoms with E-state index in [2.05, 4.69) is 10.6 Å². The number of hydrogen-bond donors (Lipinski definition) is 2. The van der Waals surface area contributed by atoms with Crippen LogP contribution >= 0.6 is 0 Å². The summed E-state index contributed by atoms with van der Waals surface area (Å²) in [4.78, 5) is 26.3. The highest BCUT2D eigenvalue weighted by molar-refractivity contribution is 5.79. The molecule has 0 bridgehead atoms. The van der Waals surface area contributed by atoms with Crippen molar-refractivity contribution >= 4 is 11.9 Å². The molecule has 3 amide bonds. The third-order valence-corrected chi connectivity index (χ3v) is 5.04. The third kappa shape index (κ3) is 4.73. The monoisotopic (exact) mass is 329 g/mol. The van der Waals surface area contributed by atoms with Gasteiger partial charge in [-0.25, -0.2) is 4.79 Å². The molecule has 1 aromatic rings. The molecule has 130 valence electrons. The Morgan fingerprint density at radius 1 is 0.917 bits per heavy atom. The number of urea groups is 1. The van der Waals surface area contributed by atoms with Crippen LogP contribution in [-0.4, -0.2) is 42.0 Å². The zero-order valence-corrected chi connectivity index (χ0v) is 14.2. The smallest absolute Gasteiger partial charge is 0.317 e. The number of carbonyl (C=O) groups excluding carboxylic acids is 2. The molecule has 1 heterocycles. The topological polar surface area (TPSA) is 61.4 Å². The molecule has 0 spiro atoms. The Kier molecular flexibility index (Phi) is 5.72. The molecule has 2 aliphatic rings. The van der Waals surface area contributed by atoms with Crippen LogP contribution in [0.2, 0.25) is 0 Å². The molecule has 0 unspecified atom stereocenters. The second kappa shape index (κ2) is 8.18. The van der Waals surface area contributed by atoms with Crippen LogP contribution in [0.25, 0.3) is 0 Å². The zero-order chi connectivity index (χ0) is 16.8. The number of piperidine rings is 1. The van der Waals surface area contributed by atoms with Gasteiger partial charge in [0.1, 0.15) is 0 Å². The summed E-state index contributed by atoms with van der Waals surface area (Å²) in [7, 11) is 0. The van der Waals surface area contributed by atoms with E-state index in [1.807, 2.05) is 35.2 Å². The first kappa shape index (κ1) is 16.8. The van der Waals surface area contributed by atoms with Crippen molar-refractivity contribution < 1.29 is 9.59 Å². The van der Waals surface area contributed by atoms with Gasteiger partial charge in [0.05, 0.1) is 6.42 Å². The van der Waals surface area contributed by atoms with Crippen LogP contribution < -0.4 is 10.6 Å². The predicted molar refractivity (Wildman–Crippen MR) is 93.7 cm³/mol. The van der Waals surface area contributed by atoms with E-state index in [0.29, 0.717) is 12.5 Å². The van der Waals surface area contributed by atoms with Crippen molar-refractivity contribution in [3.8, 4) is 0 Å². The van der Waals surface area contributed by atoms with Crippen molar-refractivity contribution in [2.75, 3.05) is 13.1 Å². The van der Waals surface area contributed by atoms with Crippen molar-refractivity contribution in [1.82, 2.24) is 15.5 Å². The molecule has 24 heavy (non-hydrogen) atoms. The fourth-order valence-electron chi connectivity index (χ4n) is 3.62. The van der Waals surface area contributed by atoms with E-state index in [1.54, 1.807) is 0 Å². The molecule has 1 saturated carbocycles. The molecule has 0 aromatic heterocycles. The van der Waals surface area contributed by atoms with Gasteiger partial charge in [0.25, 0.3) is 0 Å². The summed E-state index contributed by atoms with van der Waals surface area (Å²) >= 11 is 0. The molecule has 1 aromatic carbocycles. The minimum absolute atomic E-state index is 0.0649. The van der Waals surface area contributed by atoms with Gasteiger partial charge in [-0.1, -0.05) is 43.2 Å². The fourth-order valence-corrected chi connectivity index (χ4v) is 3.62. The van der Waals surface area contributed by atoms with Crippen LogP contribution in [0.5, 0.6) is 0 Å². The van der Waals surface area contributed by atoms with Gasteiger partial charge in [0.15, 0.2) is 0 Å². The Morgan fingerprint density at radius 3 is 2.21 bits per heavy atom. The van der Waals surface area contributed by atoms with E-state index < -0.39 is 0 Å². The summed E-state index contributed by atoms with van der Waals surface area (Å²) in [5.74, 6) is 0.0649. The molecular weight excluding hydrogens is 302 g/mol. The summed E-state index contributed by atoms with van der Waals surface area (Å²) in [5.41, 5.74) is 1.03. The number of likely N-dealkylation sites (tertiary alicyclic amines) is 1. The predicted octanol–water partition coefficient (Wildman–Crippen LogP) is 2.46. The Hall–Kier alpha value is -2.04. The summed E-state index contributed by atoms with van der Waals surface area (Å²) < 4.78 is 0. The lowest BCUT2D eigenvalue weighted by molar-refractivity contribution is -0.121. The maximum Gasteiger partial charge on any atom is 0.317 e. The lowest BCUT2D eigenvalue weighted by Crippen LogP contribution is -2.51. The van der Waals surface area contributed by atoms with Gasteiger partial charge in [0, 0.05) is 25.2 Å². The second-order valence-corrected chi connectivity index (χ2v) is 6.92. The van der Waals surface area contributed by atoms with Crippen LogP contribution in [-0.2, 0) is 11.2 Å². The average molecular weight is 329 g/mol. The van der Waals surface area contributed by atoms with Crippen molar-refractivity contribution in [2.45, 2.75) is 57.0 Å². The Bertz CT molecular complexity index is 547. The molecule has 1 aliphatic heterocycles. The third-order valence-electron chi connectivity index (χ3n) is 5.04. The summed E-state index contributed by atoms with van der Waals surface area (Å²) in [6.07, 6.45) is 6.75. The first-order chi connectivity index (χ1) is 11.7. The lowest BCUT2D eigenvalue weighted by Gasteiger charge is -2.33. The van der Waals surface area contributed by atoms with E-state index in [0.717, 1.165) is 44.3 Å². The van der Waals surface area contributed by atoms with Gasteiger partial charge in [-0.2, -0.15) is 0 Å². The van der Waals surface area contributed by atoms with Crippen LogP contribution in [0.3, 0.4) is 0 Å². The van der Waals surface area contributed by atoms with E-state index in [-0.39, 0.29) is 18.0 Å². The van der Waals surface area contributed by atoms with Crippen molar-refractivity contribution in [1.29, 1.82) is 0 Å². The van der Waals surface area contributed by atoms with E-state index in [9.17, 15) is 9.59 Å². The minimum Gasteiger partial charge on any atom is -0.353 e. The van der Waals surface area contributed by atoms with Gasteiger partial charge in [-0.15, -0.1) is 0 Å². The van der Waals surface area contributed by atoms with Gasteiger partial charge < -0.3 is 15.5 Å². The molecule has 0 radical (unpaired) electrons. The zero-order valence-electron chi connectivity index (χ0n) is 14.2. The lowest BCUT2D eigenvalue weighted by atomic mass is 10.0. The number of carbonyl (C=O) groups is 2. The number of nitrogens with one attached hydrogen (secondary N) is 2. The SMILES string of the molecule is O=C(Cc1ccccc1)NC1CCN(C(=O)NC2CCCC2)CC1. The van der Waals surface area contributed by atoms with Crippen molar-refractivity contribution in [3.05, 3.63) is 35.9 Å². The van der Waals surface area contributed by atoms with E-state index in [4.69, 9.17) is 0 Å². The summed E-state index contributed by atoms with van der Waals surface area (Å²) in [5, 5.41) is 6.24. The first-order valence-electron chi connectivity index (χ1n) is 9.09. The molecule has 0 atom stereocenters. The largest absolute Gasteiger partial charge is 0.353 e. The average Bonchev–Trinajstić information content (AvgIpc) is 3.09. The standard InChI is InChI=1S/C19H27N3O2/c23-18(14-15-6-2-1-3-7-15)20-17-10-12-22(13-11-17)19(24)21-16-8-4-5-9-16/h1-3,6-7,16-17H,4-5,8-14H2,(H,20,23)(H,21,24). The highest BCUT2D eigenvalue weighted by Gasteiger charge is 2.26. The van der Waals surface area contributed by atoms with Gasteiger partial charge >= 0.3 is 6.03 Å². The van der Waals surface area contributed by atoms with Gasteiger partial charge in [-0.05, 0) is 31.2 Å². The molecule has 1 aliphatic carbocycles. The number of hydrogen-bond acceptors (Lipinski definition) is 2. The molecule has 5 heteroatoms. The molecule has 5 nitrogen and oxygen atoms in total.